The van der Waals surface area contributed by atoms with Crippen LogP contribution >= 0.6 is 0 Å². The van der Waals surface area contributed by atoms with Gasteiger partial charge in [-0.25, -0.2) is 0 Å². The molecule has 1 amide bonds. The van der Waals surface area contributed by atoms with Crippen molar-refractivity contribution in [2.45, 2.75) is 50.5 Å². The summed E-state index contributed by atoms with van der Waals surface area (Å²) in [5.74, 6) is 1.36. The van der Waals surface area contributed by atoms with Crippen molar-refractivity contribution in [2.75, 3.05) is 13.1 Å². The van der Waals surface area contributed by atoms with Gasteiger partial charge in [0.25, 0.3) is 0 Å². The molecule has 1 heterocycles. The van der Waals surface area contributed by atoms with Crippen LogP contribution in [0.15, 0.2) is 0 Å². The molecule has 0 spiro atoms. The molecule has 3 nitrogen and oxygen atoms in total. The molecule has 2 aliphatic carbocycles. The van der Waals surface area contributed by atoms with E-state index in [1.165, 1.54) is 32.1 Å². The van der Waals surface area contributed by atoms with E-state index in [0.29, 0.717) is 17.7 Å². The molecule has 3 rings (SSSR count). The molecule has 0 radical (unpaired) electrons. The minimum atomic E-state index is 0.147. The monoisotopic (exact) mass is 222 g/mol. The second-order valence-corrected chi connectivity index (χ2v) is 5.85. The van der Waals surface area contributed by atoms with Gasteiger partial charge in [-0.15, -0.1) is 0 Å². The number of amides is 1. The van der Waals surface area contributed by atoms with Crippen LogP contribution in [-0.2, 0) is 4.79 Å². The highest BCUT2D eigenvalue weighted by atomic mass is 16.2. The van der Waals surface area contributed by atoms with Gasteiger partial charge in [0.2, 0.25) is 5.91 Å². The summed E-state index contributed by atoms with van der Waals surface area (Å²) in [5.41, 5.74) is 0.147. The molecule has 3 fully saturated rings. The molecular formula is C13H22N2O. The Morgan fingerprint density at radius 2 is 2.00 bits per heavy atom. The predicted molar refractivity (Wildman–Crippen MR) is 63.0 cm³/mol. The van der Waals surface area contributed by atoms with Crippen molar-refractivity contribution in [2.24, 2.45) is 11.8 Å². The van der Waals surface area contributed by atoms with Crippen LogP contribution in [0.1, 0.15) is 44.9 Å². The highest BCUT2D eigenvalue weighted by Crippen LogP contribution is 2.41. The van der Waals surface area contributed by atoms with Crippen LogP contribution in [0, 0.1) is 11.8 Å². The maximum absolute atomic E-state index is 12.2. The molecule has 0 aromatic heterocycles. The van der Waals surface area contributed by atoms with Gasteiger partial charge in [-0.3, -0.25) is 4.79 Å². The van der Waals surface area contributed by atoms with Gasteiger partial charge in [0.1, 0.15) is 0 Å². The van der Waals surface area contributed by atoms with Gasteiger partial charge < -0.3 is 10.6 Å². The fraction of sp³-hybridized carbons (Fsp3) is 0.923. The van der Waals surface area contributed by atoms with Gasteiger partial charge in [-0.2, -0.15) is 0 Å². The summed E-state index contributed by atoms with van der Waals surface area (Å²) in [7, 11) is 0. The summed E-state index contributed by atoms with van der Waals surface area (Å²) in [6.07, 6.45) is 8.50. The normalized spacial score (nSPS) is 38.9. The zero-order valence-electron chi connectivity index (χ0n) is 9.93. The van der Waals surface area contributed by atoms with E-state index >= 15 is 0 Å². The van der Waals surface area contributed by atoms with Gasteiger partial charge >= 0.3 is 0 Å². The Labute approximate surface area is 97.4 Å². The highest BCUT2D eigenvalue weighted by Gasteiger charge is 2.51. The minimum absolute atomic E-state index is 0.147. The first-order valence-corrected chi connectivity index (χ1v) is 6.83. The third kappa shape index (κ3) is 1.65. The van der Waals surface area contributed by atoms with Crippen molar-refractivity contribution in [3.05, 3.63) is 0 Å². The molecule has 0 bridgehead atoms. The number of rotatable bonds is 2. The second kappa shape index (κ2) is 4.02. The SMILES string of the molecule is O=C(NC12CCC1CNC2)C1CCCCC1. The average Bonchev–Trinajstić information content (AvgIpc) is 2.58. The maximum atomic E-state index is 12.2. The van der Waals surface area contributed by atoms with Crippen LogP contribution in [0.25, 0.3) is 0 Å². The van der Waals surface area contributed by atoms with Gasteiger partial charge in [0.05, 0.1) is 5.54 Å². The number of fused-ring (bicyclic) bond motifs is 1. The number of hydrogen-bond donors (Lipinski definition) is 2. The molecule has 1 aliphatic heterocycles. The van der Waals surface area contributed by atoms with Crippen molar-refractivity contribution in [3.63, 3.8) is 0 Å². The zero-order valence-corrected chi connectivity index (χ0v) is 9.93. The van der Waals surface area contributed by atoms with Gasteiger partial charge in [0.15, 0.2) is 0 Å². The molecule has 3 aliphatic rings. The summed E-state index contributed by atoms with van der Waals surface area (Å²) in [4.78, 5) is 12.2. The third-order valence-electron chi connectivity index (χ3n) is 4.90. The van der Waals surface area contributed by atoms with Crippen LogP contribution in [0.3, 0.4) is 0 Å². The van der Waals surface area contributed by atoms with E-state index in [1.807, 2.05) is 0 Å². The fourth-order valence-corrected chi connectivity index (χ4v) is 3.62. The van der Waals surface area contributed by atoms with Crippen molar-refractivity contribution in [1.82, 2.24) is 10.6 Å². The lowest BCUT2D eigenvalue weighted by molar-refractivity contribution is -0.129. The van der Waals surface area contributed by atoms with Crippen LogP contribution in [0.2, 0.25) is 0 Å². The van der Waals surface area contributed by atoms with Crippen molar-refractivity contribution in [3.8, 4) is 0 Å². The summed E-state index contributed by atoms with van der Waals surface area (Å²) < 4.78 is 0. The number of nitrogens with one attached hydrogen (secondary N) is 2. The Morgan fingerprint density at radius 3 is 2.62 bits per heavy atom. The molecule has 2 atom stereocenters. The number of carbonyl (C=O) groups excluding carboxylic acids is 1. The smallest absolute Gasteiger partial charge is 0.223 e. The summed E-state index contributed by atoms with van der Waals surface area (Å²) >= 11 is 0. The zero-order chi connectivity index (χ0) is 11.0. The Hall–Kier alpha value is -0.570. The van der Waals surface area contributed by atoms with Gasteiger partial charge in [-0.05, 0) is 31.6 Å². The summed E-state index contributed by atoms with van der Waals surface area (Å²) in [5, 5.41) is 6.78. The van der Waals surface area contributed by atoms with E-state index in [2.05, 4.69) is 10.6 Å². The summed E-state index contributed by atoms with van der Waals surface area (Å²) in [6.45, 7) is 2.10. The largest absolute Gasteiger partial charge is 0.349 e. The summed E-state index contributed by atoms with van der Waals surface area (Å²) in [6, 6.07) is 0. The molecule has 1 saturated heterocycles. The fourth-order valence-electron chi connectivity index (χ4n) is 3.62. The lowest BCUT2D eigenvalue weighted by Gasteiger charge is -2.45. The Kier molecular flexibility index (Phi) is 2.66. The van der Waals surface area contributed by atoms with Crippen LogP contribution in [0.5, 0.6) is 0 Å². The topological polar surface area (TPSA) is 41.1 Å². The first kappa shape index (κ1) is 10.6. The molecule has 90 valence electrons. The maximum Gasteiger partial charge on any atom is 0.223 e. The van der Waals surface area contributed by atoms with E-state index in [0.717, 1.165) is 25.9 Å². The highest BCUT2D eigenvalue weighted by molar-refractivity contribution is 5.79. The van der Waals surface area contributed by atoms with Crippen molar-refractivity contribution in [1.29, 1.82) is 0 Å². The second-order valence-electron chi connectivity index (χ2n) is 5.85. The number of carbonyl (C=O) groups is 1. The molecule has 2 saturated carbocycles. The van der Waals surface area contributed by atoms with Crippen LogP contribution in [0.4, 0.5) is 0 Å². The molecular weight excluding hydrogens is 200 g/mol. The average molecular weight is 222 g/mol. The Morgan fingerprint density at radius 1 is 1.19 bits per heavy atom. The standard InChI is InChI=1S/C13H22N2O/c16-12(10-4-2-1-3-5-10)15-13-7-6-11(13)8-14-9-13/h10-11,14H,1-9H2,(H,15,16). The Bertz CT molecular complexity index is 286. The first-order chi connectivity index (χ1) is 7.80. The van der Waals surface area contributed by atoms with E-state index in [-0.39, 0.29) is 5.54 Å². The predicted octanol–water partition coefficient (Wildman–Crippen LogP) is 1.43. The molecule has 0 aromatic carbocycles. The minimum Gasteiger partial charge on any atom is -0.349 e. The van der Waals surface area contributed by atoms with E-state index < -0.39 is 0 Å². The van der Waals surface area contributed by atoms with Gasteiger partial charge in [-0.1, -0.05) is 19.3 Å². The lowest BCUT2D eigenvalue weighted by Crippen LogP contribution is -2.61. The lowest BCUT2D eigenvalue weighted by atomic mass is 9.68. The first-order valence-electron chi connectivity index (χ1n) is 6.83. The molecule has 2 N–H and O–H groups in total. The molecule has 2 unspecified atom stereocenters. The van der Waals surface area contributed by atoms with E-state index in [9.17, 15) is 4.79 Å². The molecule has 0 aromatic rings. The van der Waals surface area contributed by atoms with E-state index in [4.69, 9.17) is 0 Å². The quantitative estimate of drug-likeness (QED) is 0.742. The van der Waals surface area contributed by atoms with Gasteiger partial charge in [0, 0.05) is 19.0 Å². The molecule has 3 heteroatoms. The Balaban J connectivity index is 1.59. The number of hydrogen-bond acceptors (Lipinski definition) is 2. The van der Waals surface area contributed by atoms with Crippen LogP contribution in [-0.4, -0.2) is 24.5 Å². The van der Waals surface area contributed by atoms with Crippen molar-refractivity contribution >= 4 is 5.91 Å². The van der Waals surface area contributed by atoms with Crippen LogP contribution < -0.4 is 10.6 Å². The molecule has 16 heavy (non-hydrogen) atoms. The van der Waals surface area contributed by atoms with Crippen molar-refractivity contribution < 1.29 is 4.79 Å². The van der Waals surface area contributed by atoms with E-state index in [1.54, 1.807) is 0 Å². The third-order valence-corrected chi connectivity index (χ3v) is 4.90.